The third-order valence-electron chi connectivity index (χ3n) is 5.03. The lowest BCUT2D eigenvalue weighted by Crippen LogP contribution is -2.49. The standard InChI is InChI=1S/C19H21ClF3N3OS/c1-11-8-19(22,23)6-7-26(11)15(17-12(2)25-10-28-17)9-24-18(27)16-13(20)4-3-5-14(16)21/h3-5,10-11,15H,6-9H2,1-2H3,(H,24,27). The van der Waals surface area contributed by atoms with E-state index in [0.717, 1.165) is 10.6 Å². The number of carbonyl (C=O) groups excluding carboxylic acids is 1. The number of piperidine rings is 1. The van der Waals surface area contributed by atoms with Crippen LogP contribution < -0.4 is 5.32 Å². The molecule has 0 spiro atoms. The molecular formula is C19H21ClF3N3OS. The van der Waals surface area contributed by atoms with E-state index in [1.807, 2.05) is 11.8 Å². The minimum absolute atomic E-state index is 0.0222. The molecule has 3 rings (SSSR count). The summed E-state index contributed by atoms with van der Waals surface area (Å²) in [5.41, 5.74) is 2.26. The first-order valence-corrected chi connectivity index (χ1v) is 10.2. The van der Waals surface area contributed by atoms with Crippen molar-refractivity contribution in [2.24, 2.45) is 0 Å². The van der Waals surface area contributed by atoms with Gasteiger partial charge in [0.25, 0.3) is 11.8 Å². The average Bonchev–Trinajstić information content (AvgIpc) is 3.02. The zero-order valence-corrected chi connectivity index (χ0v) is 17.1. The predicted octanol–water partition coefficient (Wildman–Crippen LogP) is 4.83. The molecule has 9 heteroatoms. The second-order valence-electron chi connectivity index (χ2n) is 7.02. The van der Waals surface area contributed by atoms with Gasteiger partial charge in [-0.05, 0) is 26.0 Å². The van der Waals surface area contributed by atoms with Crippen molar-refractivity contribution < 1.29 is 18.0 Å². The Labute approximate surface area is 170 Å². The highest BCUT2D eigenvalue weighted by molar-refractivity contribution is 7.09. The highest BCUT2D eigenvalue weighted by Gasteiger charge is 2.41. The van der Waals surface area contributed by atoms with Gasteiger partial charge in [-0.15, -0.1) is 11.3 Å². The van der Waals surface area contributed by atoms with Gasteiger partial charge in [0.2, 0.25) is 0 Å². The lowest BCUT2D eigenvalue weighted by Gasteiger charge is -2.42. The van der Waals surface area contributed by atoms with Crippen molar-refractivity contribution in [1.82, 2.24) is 15.2 Å². The van der Waals surface area contributed by atoms with Crippen LogP contribution in [0.2, 0.25) is 5.02 Å². The number of benzene rings is 1. The Balaban J connectivity index is 1.81. The van der Waals surface area contributed by atoms with Gasteiger partial charge in [0.1, 0.15) is 5.82 Å². The first-order valence-electron chi connectivity index (χ1n) is 8.95. The Kier molecular flexibility index (Phi) is 6.31. The molecule has 1 aliphatic heterocycles. The number of thiazole rings is 1. The van der Waals surface area contributed by atoms with Gasteiger partial charge >= 0.3 is 0 Å². The van der Waals surface area contributed by atoms with Crippen molar-refractivity contribution in [3.63, 3.8) is 0 Å². The van der Waals surface area contributed by atoms with E-state index in [2.05, 4.69) is 10.3 Å². The van der Waals surface area contributed by atoms with Crippen LogP contribution in [-0.4, -0.2) is 40.8 Å². The van der Waals surface area contributed by atoms with Crippen molar-refractivity contribution >= 4 is 28.8 Å². The Bertz CT molecular complexity index is 840. The first kappa shape index (κ1) is 21.1. The first-order chi connectivity index (χ1) is 13.2. The van der Waals surface area contributed by atoms with Gasteiger partial charge in [-0.1, -0.05) is 17.7 Å². The molecular weight excluding hydrogens is 411 g/mol. The van der Waals surface area contributed by atoms with Gasteiger partial charge in [-0.2, -0.15) is 0 Å². The summed E-state index contributed by atoms with van der Waals surface area (Å²) < 4.78 is 41.6. The molecule has 2 atom stereocenters. The molecule has 1 fully saturated rings. The summed E-state index contributed by atoms with van der Waals surface area (Å²) in [7, 11) is 0. The number of alkyl halides is 2. The number of hydrogen-bond donors (Lipinski definition) is 1. The van der Waals surface area contributed by atoms with Crippen molar-refractivity contribution in [1.29, 1.82) is 0 Å². The quantitative estimate of drug-likeness (QED) is 0.737. The van der Waals surface area contributed by atoms with E-state index in [4.69, 9.17) is 11.6 Å². The minimum Gasteiger partial charge on any atom is -0.350 e. The van der Waals surface area contributed by atoms with Crippen LogP contribution in [0.1, 0.15) is 46.7 Å². The summed E-state index contributed by atoms with van der Waals surface area (Å²) in [5.74, 6) is -4.03. The molecule has 152 valence electrons. The van der Waals surface area contributed by atoms with Crippen molar-refractivity contribution in [3.8, 4) is 0 Å². The minimum atomic E-state index is -2.69. The van der Waals surface area contributed by atoms with E-state index < -0.39 is 17.6 Å². The molecule has 28 heavy (non-hydrogen) atoms. The van der Waals surface area contributed by atoms with E-state index in [-0.39, 0.29) is 48.6 Å². The van der Waals surface area contributed by atoms with Crippen molar-refractivity contribution in [2.75, 3.05) is 13.1 Å². The monoisotopic (exact) mass is 431 g/mol. The number of aryl methyl sites for hydroxylation is 1. The number of aromatic nitrogens is 1. The number of amides is 1. The molecule has 1 saturated heterocycles. The van der Waals surface area contributed by atoms with E-state index in [9.17, 15) is 18.0 Å². The van der Waals surface area contributed by atoms with E-state index in [1.54, 1.807) is 12.4 Å². The van der Waals surface area contributed by atoms with Gasteiger partial charge in [-0.3, -0.25) is 9.69 Å². The van der Waals surface area contributed by atoms with E-state index in [1.165, 1.54) is 29.5 Å². The van der Waals surface area contributed by atoms with Crippen LogP contribution in [0, 0.1) is 12.7 Å². The topological polar surface area (TPSA) is 45.2 Å². The third kappa shape index (κ3) is 4.50. The molecule has 1 N–H and O–H groups in total. The van der Waals surface area contributed by atoms with E-state index >= 15 is 0 Å². The number of rotatable bonds is 5. The summed E-state index contributed by atoms with van der Waals surface area (Å²) in [5, 5.41) is 2.74. The van der Waals surface area contributed by atoms with Crippen molar-refractivity contribution in [3.05, 3.63) is 50.7 Å². The van der Waals surface area contributed by atoms with Crippen LogP contribution in [0.4, 0.5) is 13.2 Å². The molecule has 1 aromatic heterocycles. The summed E-state index contributed by atoms with van der Waals surface area (Å²) in [6.07, 6.45) is -0.479. The second-order valence-corrected chi connectivity index (χ2v) is 8.31. The number of hydrogen-bond acceptors (Lipinski definition) is 4. The van der Waals surface area contributed by atoms with Crippen LogP contribution in [0.15, 0.2) is 23.7 Å². The van der Waals surface area contributed by atoms with Crippen molar-refractivity contribution in [2.45, 2.75) is 44.7 Å². The Morgan fingerprint density at radius 3 is 2.86 bits per heavy atom. The fourth-order valence-corrected chi connectivity index (χ4v) is 4.78. The molecule has 2 aromatic rings. The maximum Gasteiger partial charge on any atom is 0.255 e. The van der Waals surface area contributed by atoms with Crippen LogP contribution in [0.5, 0.6) is 0 Å². The van der Waals surface area contributed by atoms with Crippen LogP contribution in [-0.2, 0) is 0 Å². The lowest BCUT2D eigenvalue weighted by molar-refractivity contribution is -0.0842. The number of halogens is 4. The Morgan fingerprint density at radius 1 is 1.50 bits per heavy atom. The summed E-state index contributed by atoms with van der Waals surface area (Å²) in [4.78, 5) is 19.6. The summed E-state index contributed by atoms with van der Waals surface area (Å²) in [6, 6.07) is 3.34. The molecule has 1 amide bonds. The third-order valence-corrected chi connectivity index (χ3v) is 6.37. The molecule has 0 aliphatic carbocycles. The molecule has 0 radical (unpaired) electrons. The van der Waals surface area contributed by atoms with Gasteiger partial charge in [0.15, 0.2) is 0 Å². The van der Waals surface area contributed by atoms with Crippen LogP contribution in [0.3, 0.4) is 0 Å². The molecule has 1 aliphatic rings. The molecule has 0 saturated carbocycles. The Morgan fingerprint density at radius 2 is 2.25 bits per heavy atom. The largest absolute Gasteiger partial charge is 0.350 e. The van der Waals surface area contributed by atoms with Crippen LogP contribution >= 0.6 is 22.9 Å². The van der Waals surface area contributed by atoms with Gasteiger partial charge in [0.05, 0.1) is 27.8 Å². The second kappa shape index (κ2) is 8.39. The lowest BCUT2D eigenvalue weighted by atomic mass is 9.96. The average molecular weight is 432 g/mol. The molecule has 1 aromatic carbocycles. The summed E-state index contributed by atoms with van der Waals surface area (Å²) in [6.45, 7) is 3.94. The van der Waals surface area contributed by atoms with Gasteiger partial charge < -0.3 is 5.32 Å². The molecule has 0 bridgehead atoms. The highest BCUT2D eigenvalue weighted by atomic mass is 35.5. The maximum absolute atomic E-state index is 14.0. The van der Waals surface area contributed by atoms with Gasteiger partial charge in [0, 0.05) is 36.9 Å². The summed E-state index contributed by atoms with van der Waals surface area (Å²) >= 11 is 7.38. The fraction of sp³-hybridized carbons (Fsp3) is 0.474. The smallest absolute Gasteiger partial charge is 0.255 e. The molecule has 2 unspecified atom stereocenters. The number of likely N-dealkylation sites (tertiary alicyclic amines) is 1. The normalized spacial score (nSPS) is 20.7. The van der Waals surface area contributed by atoms with Crippen LogP contribution in [0.25, 0.3) is 0 Å². The van der Waals surface area contributed by atoms with E-state index in [0.29, 0.717) is 0 Å². The zero-order valence-electron chi connectivity index (χ0n) is 15.5. The van der Waals surface area contributed by atoms with Gasteiger partial charge in [-0.25, -0.2) is 18.2 Å². The fourth-order valence-electron chi connectivity index (χ4n) is 3.61. The predicted molar refractivity (Wildman–Crippen MR) is 104 cm³/mol. The highest BCUT2D eigenvalue weighted by Crippen LogP contribution is 2.37. The maximum atomic E-state index is 14.0. The molecule has 2 heterocycles. The zero-order chi connectivity index (χ0) is 20.5. The number of nitrogens with zero attached hydrogens (tertiary/aromatic N) is 2. The number of carbonyl (C=O) groups is 1. The Hall–Kier alpha value is -1.64. The number of nitrogens with one attached hydrogen (secondary N) is 1. The SMILES string of the molecule is Cc1ncsc1C(CNC(=O)c1c(F)cccc1Cl)N1CCC(F)(F)CC1C. The molecule has 4 nitrogen and oxygen atoms in total.